The highest BCUT2D eigenvalue weighted by Crippen LogP contribution is 2.39. The molecule has 22 fully saturated rings. The maximum absolute atomic E-state index is 11.4. The molecule has 0 aromatic heterocycles. The van der Waals surface area contributed by atoms with Gasteiger partial charge in [-0.1, -0.05) is 32.6 Å². The minimum absolute atomic E-state index is 0.0468. The third-order valence-electron chi connectivity index (χ3n) is 16.0. The van der Waals surface area contributed by atoms with Gasteiger partial charge in [0.1, 0.15) is 165 Å². The van der Waals surface area contributed by atoms with Crippen LogP contribution in [0.15, 0.2) is 0 Å². The molecule has 21 aliphatic heterocycles. The van der Waals surface area contributed by atoms with Crippen LogP contribution in [0.4, 0.5) is 0 Å². The third-order valence-corrected chi connectivity index (χ3v) is 16.0. The van der Waals surface area contributed by atoms with Crippen LogP contribution < -0.4 is 0 Å². The summed E-state index contributed by atoms with van der Waals surface area (Å²) in [6.07, 6.45) is -62.1. The Morgan fingerprint density at radius 1 is 0.210 bits per heavy atom. The van der Waals surface area contributed by atoms with E-state index in [-0.39, 0.29) is 6.42 Å². The predicted molar refractivity (Wildman–Crippen MR) is 250 cm³/mol. The third kappa shape index (κ3) is 13.5. The van der Waals surface area contributed by atoms with Crippen molar-refractivity contribution in [3.63, 3.8) is 0 Å². The zero-order valence-corrected chi connectivity index (χ0v) is 43.6. The van der Waals surface area contributed by atoms with Crippen molar-refractivity contribution in [1.82, 2.24) is 0 Å². The van der Waals surface area contributed by atoms with Gasteiger partial charge in [-0.2, -0.15) is 0 Å². The molecule has 22 rings (SSSR count). The molecule has 20 N–H and O–H groups in total. The summed E-state index contributed by atoms with van der Waals surface area (Å²) >= 11 is 0. The van der Waals surface area contributed by atoms with Gasteiger partial charge in [-0.3, -0.25) is 0 Å². The van der Waals surface area contributed by atoms with Crippen molar-refractivity contribution in [3.8, 4) is 0 Å². The number of hydrogen-bond acceptors (Lipinski definition) is 34. The molecule has 34 heteroatoms. The highest BCUT2D eigenvalue weighted by Gasteiger charge is 2.59. The van der Waals surface area contributed by atoms with Crippen LogP contribution in [-0.4, -0.2) is 357 Å². The van der Waals surface area contributed by atoms with Crippen molar-refractivity contribution >= 4 is 0 Å². The molecule has 0 radical (unpaired) electrons. The summed E-state index contributed by atoms with van der Waals surface area (Å²) < 4.78 is 80.3. The van der Waals surface area contributed by atoms with E-state index in [0.29, 0.717) is 0 Å². The second-order valence-electron chi connectivity index (χ2n) is 21.3. The normalized spacial score (nSPS) is 53.8. The second kappa shape index (κ2) is 28.6. The predicted octanol–water partition coefficient (Wildman–Crippen LogP) is -12.3. The molecule has 1 aliphatic carbocycles. The van der Waals surface area contributed by atoms with E-state index in [2.05, 4.69) is 0 Å². The maximum Gasteiger partial charge on any atom is 0.187 e. The van der Waals surface area contributed by atoms with Crippen molar-refractivity contribution in [1.29, 1.82) is 0 Å². The first-order valence-corrected chi connectivity index (χ1v) is 27.0. The summed E-state index contributed by atoms with van der Waals surface area (Å²) in [5.41, 5.74) is 0. The Morgan fingerprint density at radius 2 is 0.346 bits per heavy atom. The lowest BCUT2D eigenvalue weighted by Gasteiger charge is -2.50. The van der Waals surface area contributed by atoms with Crippen LogP contribution in [0.1, 0.15) is 39.0 Å². The molecule has 472 valence electrons. The summed E-state index contributed by atoms with van der Waals surface area (Å²) in [6.45, 7) is -4.59. The maximum atomic E-state index is 11.4. The molecule has 35 atom stereocenters. The molecule has 0 spiro atoms. The molecular formula is C47H80O34. The van der Waals surface area contributed by atoms with Gasteiger partial charge in [0.05, 0.1) is 45.7 Å². The molecule has 0 aromatic rings. The number of ether oxygens (including phenoxy) is 14. The van der Waals surface area contributed by atoms with E-state index in [0.717, 1.165) is 0 Å². The van der Waals surface area contributed by atoms with E-state index in [1.807, 2.05) is 0 Å². The first-order chi connectivity index (χ1) is 38.7. The van der Waals surface area contributed by atoms with E-state index < -0.39 is 255 Å². The molecular weight excluding hydrogens is 1110 g/mol. The average Bonchev–Trinajstić information content (AvgIpc) is 3.52. The number of hydrogen-bond donors (Lipinski definition) is 20. The molecule has 21 heterocycles. The van der Waals surface area contributed by atoms with Crippen LogP contribution >= 0.6 is 0 Å². The van der Waals surface area contributed by atoms with E-state index in [1.54, 1.807) is 0 Å². The summed E-state index contributed by atoms with van der Waals surface area (Å²) in [5, 5.41) is 221. The van der Waals surface area contributed by atoms with Gasteiger partial charge in [-0.15, -0.1) is 0 Å². The van der Waals surface area contributed by atoms with E-state index in [4.69, 9.17) is 66.3 Å². The average molecular weight is 1190 g/mol. The highest BCUT2D eigenvalue weighted by atomic mass is 16.8. The monoisotopic (exact) mass is 1190 g/mol. The first-order valence-electron chi connectivity index (χ1n) is 27.0. The smallest absolute Gasteiger partial charge is 0.187 e. The lowest BCUT2D eigenvalue weighted by atomic mass is 9.94. The molecule has 34 nitrogen and oxygen atoms in total. The van der Waals surface area contributed by atoms with Crippen LogP contribution in [0.5, 0.6) is 0 Å². The standard InChI is InChI=1S/C43H72O34.C4H8/c1-2-9-30-16(50)23(57)37(64-9)72-31-10(3-44)66-39(25(59)18(31)52)74-33-12(5-46)68-41(27(61)20(33)54)76-35-14(7-48)70-43(29(63)22(35)56)77-36-15(8-49)69-42(28(62)21(36)55)75-34-13(6-47)67-40(26(60)19(34)53)73-32-11(4-45)65-38(71-30)24(58)17(32)51;1-2-4-3-1/h9-63H,2-8H2,1H3;1-4H2. The van der Waals surface area contributed by atoms with Crippen LogP contribution in [0.2, 0.25) is 0 Å². The molecule has 81 heavy (non-hydrogen) atoms. The van der Waals surface area contributed by atoms with Gasteiger partial charge >= 0.3 is 0 Å². The molecule has 0 aromatic carbocycles. The first kappa shape index (κ1) is 65.6. The van der Waals surface area contributed by atoms with Crippen LogP contribution in [0.25, 0.3) is 0 Å². The Labute approximate surface area is 461 Å². The van der Waals surface area contributed by atoms with Crippen molar-refractivity contribution in [2.24, 2.45) is 0 Å². The zero-order valence-electron chi connectivity index (χ0n) is 43.6. The van der Waals surface area contributed by atoms with Gasteiger partial charge in [0.25, 0.3) is 0 Å². The Hall–Kier alpha value is -1.36. The SMILES string of the molecule is C1CCC1.CCC1OC2OC3C(CO)OC(OC4C(CO)OC(OC5C(CO)OC(OC6C(CO)OC(OC7C(CO)OC(OC8C(CO)OC(OC1C(O)C2O)C(O)C8O)C(O)C7O)C(O)C6O)C(O)C5O)C(O)C4O)C(O)C3O. The lowest BCUT2D eigenvalue weighted by molar-refractivity contribution is -0.396. The second-order valence-corrected chi connectivity index (χ2v) is 21.3. The fraction of sp³-hybridized carbons (Fsp3) is 1.00. The fourth-order valence-electron chi connectivity index (χ4n) is 10.8. The van der Waals surface area contributed by atoms with Gasteiger partial charge in [0, 0.05) is 0 Å². The van der Waals surface area contributed by atoms with Gasteiger partial charge < -0.3 is 168 Å². The quantitative estimate of drug-likeness (QED) is 0.113. The number of aliphatic hydroxyl groups is 20. The van der Waals surface area contributed by atoms with Crippen LogP contribution in [0.3, 0.4) is 0 Å². The topological polar surface area (TPSA) is 534 Å². The largest absolute Gasteiger partial charge is 0.394 e. The minimum Gasteiger partial charge on any atom is -0.394 e. The minimum atomic E-state index is -2.20. The van der Waals surface area contributed by atoms with Crippen LogP contribution in [-0.2, 0) is 66.3 Å². The van der Waals surface area contributed by atoms with Gasteiger partial charge in [0.2, 0.25) is 0 Å². The summed E-state index contributed by atoms with van der Waals surface area (Å²) in [4.78, 5) is 0. The molecule has 22 aliphatic rings. The van der Waals surface area contributed by atoms with Crippen molar-refractivity contribution in [2.75, 3.05) is 39.6 Å². The summed E-state index contributed by atoms with van der Waals surface area (Å²) in [7, 11) is 0. The van der Waals surface area contributed by atoms with E-state index in [9.17, 15) is 102 Å². The molecule has 1 saturated carbocycles. The number of aliphatic hydroxyl groups excluding tert-OH is 20. The Balaban J connectivity index is 0.00000206. The molecule has 14 bridgehead atoms. The Kier molecular flexibility index (Phi) is 23.2. The number of rotatable bonds is 7. The summed E-state index contributed by atoms with van der Waals surface area (Å²) in [6, 6.07) is 0. The van der Waals surface area contributed by atoms with E-state index >= 15 is 0 Å². The van der Waals surface area contributed by atoms with Gasteiger partial charge in [-0.05, 0) is 6.42 Å². The molecule has 35 unspecified atom stereocenters. The van der Waals surface area contributed by atoms with Gasteiger partial charge in [-0.25, -0.2) is 0 Å². The van der Waals surface area contributed by atoms with Crippen molar-refractivity contribution in [2.45, 2.75) is 254 Å². The zero-order chi connectivity index (χ0) is 58.9. The van der Waals surface area contributed by atoms with E-state index in [1.165, 1.54) is 32.6 Å². The van der Waals surface area contributed by atoms with Gasteiger partial charge in [0.15, 0.2) is 44.0 Å². The van der Waals surface area contributed by atoms with Crippen LogP contribution in [0, 0.1) is 0 Å². The lowest BCUT2D eigenvalue weighted by Crippen LogP contribution is -2.68. The van der Waals surface area contributed by atoms with Crippen molar-refractivity contribution in [3.05, 3.63) is 0 Å². The molecule has 0 amide bonds. The van der Waals surface area contributed by atoms with Crippen molar-refractivity contribution < 1.29 is 168 Å². The Morgan fingerprint density at radius 3 is 0.469 bits per heavy atom. The Bertz CT molecular complexity index is 1530. The molecule has 21 saturated heterocycles. The summed E-state index contributed by atoms with van der Waals surface area (Å²) in [5.74, 6) is 0. The fourth-order valence-corrected chi connectivity index (χ4v) is 10.8. The highest BCUT2D eigenvalue weighted by molar-refractivity contribution is 5.01.